The summed E-state index contributed by atoms with van der Waals surface area (Å²) in [7, 11) is 0. The van der Waals surface area contributed by atoms with Crippen molar-refractivity contribution in [1.82, 2.24) is 10.6 Å². The first kappa shape index (κ1) is 17.0. The lowest BCUT2D eigenvalue weighted by atomic mass is 10.1. The van der Waals surface area contributed by atoms with Crippen LogP contribution >= 0.6 is 11.3 Å². The summed E-state index contributed by atoms with van der Waals surface area (Å²) in [5.74, 6) is -0.597. The van der Waals surface area contributed by atoms with E-state index in [1.165, 1.54) is 11.3 Å². The Morgan fingerprint density at radius 2 is 1.83 bits per heavy atom. The Labute approximate surface area is 140 Å². The summed E-state index contributed by atoms with van der Waals surface area (Å²) in [5.41, 5.74) is 1.84. The minimum atomic E-state index is -0.299. The fourth-order valence-electron chi connectivity index (χ4n) is 1.91. The molecule has 0 aliphatic rings. The van der Waals surface area contributed by atoms with Crippen molar-refractivity contribution in [3.63, 3.8) is 0 Å². The molecule has 1 heterocycles. The summed E-state index contributed by atoms with van der Waals surface area (Å²) in [4.78, 5) is 25.6. The summed E-state index contributed by atoms with van der Waals surface area (Å²) in [5, 5.41) is 7.44. The molecule has 0 aliphatic heterocycles. The van der Waals surface area contributed by atoms with Crippen molar-refractivity contribution in [1.29, 1.82) is 0 Å². The molecule has 4 nitrogen and oxygen atoms in total. The molecule has 0 bridgehead atoms. The normalized spacial score (nSPS) is 11.4. The van der Waals surface area contributed by atoms with Crippen LogP contribution in [-0.2, 0) is 4.79 Å². The van der Waals surface area contributed by atoms with Crippen LogP contribution in [0.1, 0.15) is 34.6 Å². The highest BCUT2D eigenvalue weighted by Gasteiger charge is 2.15. The van der Waals surface area contributed by atoms with Gasteiger partial charge in [-0.3, -0.25) is 9.59 Å². The van der Waals surface area contributed by atoms with Gasteiger partial charge in [0.05, 0.1) is 0 Å². The standard InChI is InChI=1S/C18H20N2O2S/c1-12(2)19-18(22)16(11-15-5-4-10-23-15)20-17(21)14-8-6-13(3)7-9-14/h4-12H,1-3H3,(H,19,22)(H,20,21)/b16-11+. The van der Waals surface area contributed by atoms with Gasteiger partial charge in [-0.1, -0.05) is 23.8 Å². The van der Waals surface area contributed by atoms with E-state index in [2.05, 4.69) is 10.6 Å². The SMILES string of the molecule is Cc1ccc(C(=O)N/C(=C/c2cccs2)C(=O)NC(C)C)cc1. The third-order valence-corrected chi connectivity index (χ3v) is 3.88. The lowest BCUT2D eigenvalue weighted by Crippen LogP contribution is -2.38. The Hall–Kier alpha value is -2.40. The molecule has 2 amide bonds. The van der Waals surface area contributed by atoms with Gasteiger partial charge in [-0.2, -0.15) is 0 Å². The molecular weight excluding hydrogens is 308 g/mol. The highest BCUT2D eigenvalue weighted by atomic mass is 32.1. The second kappa shape index (κ2) is 7.74. The van der Waals surface area contributed by atoms with Gasteiger partial charge in [0, 0.05) is 16.5 Å². The van der Waals surface area contributed by atoms with E-state index in [0.717, 1.165) is 10.4 Å². The molecule has 2 aromatic rings. The van der Waals surface area contributed by atoms with E-state index in [1.54, 1.807) is 18.2 Å². The quantitative estimate of drug-likeness (QED) is 0.827. The molecule has 1 aromatic heterocycles. The van der Waals surface area contributed by atoms with Gasteiger partial charge in [-0.05, 0) is 50.4 Å². The van der Waals surface area contributed by atoms with Gasteiger partial charge in [0.15, 0.2) is 0 Å². The number of thiophene rings is 1. The van der Waals surface area contributed by atoms with Gasteiger partial charge in [0.2, 0.25) is 0 Å². The van der Waals surface area contributed by atoms with E-state index >= 15 is 0 Å². The molecule has 2 rings (SSSR count). The van der Waals surface area contributed by atoms with E-state index < -0.39 is 0 Å². The second-order valence-electron chi connectivity index (χ2n) is 5.52. The number of carbonyl (C=O) groups excluding carboxylic acids is 2. The van der Waals surface area contributed by atoms with Gasteiger partial charge in [0.1, 0.15) is 5.70 Å². The van der Waals surface area contributed by atoms with E-state index in [0.29, 0.717) is 5.56 Å². The van der Waals surface area contributed by atoms with E-state index in [1.807, 2.05) is 50.4 Å². The molecule has 2 N–H and O–H groups in total. The molecule has 5 heteroatoms. The van der Waals surface area contributed by atoms with Gasteiger partial charge in [-0.15, -0.1) is 11.3 Å². The number of benzene rings is 1. The molecule has 0 fully saturated rings. The van der Waals surface area contributed by atoms with Crippen LogP contribution in [0.5, 0.6) is 0 Å². The molecule has 120 valence electrons. The second-order valence-corrected chi connectivity index (χ2v) is 6.50. The first-order valence-corrected chi connectivity index (χ1v) is 8.28. The molecule has 23 heavy (non-hydrogen) atoms. The number of hydrogen-bond donors (Lipinski definition) is 2. The summed E-state index contributed by atoms with van der Waals surface area (Å²) in [6.45, 7) is 5.71. The van der Waals surface area contributed by atoms with Crippen molar-refractivity contribution < 1.29 is 9.59 Å². The smallest absolute Gasteiger partial charge is 0.268 e. The monoisotopic (exact) mass is 328 g/mol. The van der Waals surface area contributed by atoms with Crippen molar-refractivity contribution in [2.75, 3.05) is 0 Å². The number of rotatable bonds is 5. The van der Waals surface area contributed by atoms with Crippen LogP contribution in [0.15, 0.2) is 47.5 Å². The van der Waals surface area contributed by atoms with Crippen molar-refractivity contribution in [2.24, 2.45) is 0 Å². The Morgan fingerprint density at radius 1 is 1.13 bits per heavy atom. The highest BCUT2D eigenvalue weighted by Crippen LogP contribution is 2.13. The highest BCUT2D eigenvalue weighted by molar-refractivity contribution is 7.10. The molecule has 0 radical (unpaired) electrons. The molecule has 0 saturated heterocycles. The number of amides is 2. The number of hydrogen-bond acceptors (Lipinski definition) is 3. The van der Waals surface area contributed by atoms with Crippen molar-refractivity contribution >= 4 is 29.2 Å². The minimum absolute atomic E-state index is 0.00878. The lowest BCUT2D eigenvalue weighted by Gasteiger charge is -2.13. The fraction of sp³-hybridized carbons (Fsp3) is 0.222. The molecule has 1 aromatic carbocycles. The van der Waals surface area contributed by atoms with Crippen LogP contribution in [0.25, 0.3) is 6.08 Å². The minimum Gasteiger partial charge on any atom is -0.349 e. The van der Waals surface area contributed by atoms with Crippen LogP contribution in [0, 0.1) is 6.92 Å². The van der Waals surface area contributed by atoms with Crippen LogP contribution in [-0.4, -0.2) is 17.9 Å². The average Bonchev–Trinajstić information content (AvgIpc) is 2.99. The van der Waals surface area contributed by atoms with Gasteiger partial charge >= 0.3 is 0 Å². The van der Waals surface area contributed by atoms with E-state index in [9.17, 15) is 9.59 Å². The molecule has 0 saturated carbocycles. The van der Waals surface area contributed by atoms with Crippen LogP contribution < -0.4 is 10.6 Å². The first-order chi connectivity index (χ1) is 11.0. The first-order valence-electron chi connectivity index (χ1n) is 7.40. The third-order valence-electron chi connectivity index (χ3n) is 3.06. The average molecular weight is 328 g/mol. The molecule has 0 unspecified atom stereocenters. The van der Waals surface area contributed by atoms with Crippen molar-refractivity contribution in [3.05, 3.63) is 63.5 Å². The maximum absolute atomic E-state index is 12.4. The predicted octanol–water partition coefficient (Wildman–Crippen LogP) is 3.35. The maximum atomic E-state index is 12.4. The van der Waals surface area contributed by atoms with Gasteiger partial charge in [0.25, 0.3) is 11.8 Å². The van der Waals surface area contributed by atoms with Crippen molar-refractivity contribution in [2.45, 2.75) is 26.8 Å². The van der Waals surface area contributed by atoms with Crippen LogP contribution in [0.2, 0.25) is 0 Å². The molecule has 0 atom stereocenters. The Bertz CT molecular complexity index is 701. The van der Waals surface area contributed by atoms with Crippen LogP contribution in [0.4, 0.5) is 0 Å². The van der Waals surface area contributed by atoms with Crippen molar-refractivity contribution in [3.8, 4) is 0 Å². The largest absolute Gasteiger partial charge is 0.349 e. The zero-order chi connectivity index (χ0) is 16.8. The summed E-state index contributed by atoms with van der Waals surface area (Å²) in [6.07, 6.45) is 1.69. The Balaban J connectivity index is 2.21. The maximum Gasteiger partial charge on any atom is 0.268 e. The Morgan fingerprint density at radius 3 is 2.39 bits per heavy atom. The zero-order valence-corrected chi connectivity index (χ0v) is 14.2. The van der Waals surface area contributed by atoms with E-state index in [4.69, 9.17) is 0 Å². The van der Waals surface area contributed by atoms with Gasteiger partial charge in [-0.25, -0.2) is 0 Å². The number of aryl methyl sites for hydroxylation is 1. The van der Waals surface area contributed by atoms with Crippen LogP contribution in [0.3, 0.4) is 0 Å². The number of carbonyl (C=O) groups is 2. The van der Waals surface area contributed by atoms with E-state index in [-0.39, 0.29) is 23.6 Å². The summed E-state index contributed by atoms with van der Waals surface area (Å²) in [6, 6.07) is 11.0. The number of nitrogens with one attached hydrogen (secondary N) is 2. The fourth-order valence-corrected chi connectivity index (χ4v) is 2.57. The molecule has 0 aliphatic carbocycles. The molecular formula is C18H20N2O2S. The van der Waals surface area contributed by atoms with Gasteiger partial charge < -0.3 is 10.6 Å². The zero-order valence-electron chi connectivity index (χ0n) is 13.4. The topological polar surface area (TPSA) is 58.2 Å². The predicted molar refractivity (Wildman–Crippen MR) is 94.2 cm³/mol. The Kier molecular flexibility index (Phi) is 5.71. The third kappa shape index (κ3) is 5.07. The lowest BCUT2D eigenvalue weighted by molar-refractivity contribution is -0.118. The summed E-state index contributed by atoms with van der Waals surface area (Å²) < 4.78 is 0. The summed E-state index contributed by atoms with van der Waals surface area (Å²) >= 11 is 1.50. The molecule has 0 spiro atoms.